The van der Waals surface area contributed by atoms with Gasteiger partial charge in [0.05, 0.1) is 6.61 Å². The van der Waals surface area contributed by atoms with E-state index >= 15 is 4.39 Å². The summed E-state index contributed by atoms with van der Waals surface area (Å²) in [5, 5.41) is 13.8. The Kier molecular flexibility index (Phi) is 12.9. The fourth-order valence-corrected chi connectivity index (χ4v) is 6.50. The van der Waals surface area contributed by atoms with E-state index in [0.717, 1.165) is 35.1 Å². The van der Waals surface area contributed by atoms with E-state index in [9.17, 15) is 24.3 Å². The molecule has 1 saturated carbocycles. The number of benzene rings is 2. The van der Waals surface area contributed by atoms with Crippen LogP contribution in [0, 0.1) is 17.7 Å². The van der Waals surface area contributed by atoms with Crippen molar-refractivity contribution in [2.45, 2.75) is 90.7 Å². The molecular formula is C34H42FKN2O6. The number of hydrogen-bond acceptors (Lipinski definition) is 6. The van der Waals surface area contributed by atoms with Crippen LogP contribution in [0.25, 0.3) is 0 Å². The molecule has 2 amide bonds. The van der Waals surface area contributed by atoms with Crippen LogP contribution in [0.15, 0.2) is 30.3 Å². The van der Waals surface area contributed by atoms with Gasteiger partial charge in [-0.25, -0.2) is 4.39 Å². The maximum Gasteiger partial charge on any atom is 1.00 e. The number of rotatable bonds is 8. The summed E-state index contributed by atoms with van der Waals surface area (Å²) in [7, 11) is 1.62. The predicted molar refractivity (Wildman–Crippen MR) is 158 cm³/mol. The molecule has 2 aliphatic carbocycles. The van der Waals surface area contributed by atoms with Crippen LogP contribution in [-0.2, 0) is 48.8 Å². The number of methoxy groups -OCH3 is 1. The molecule has 2 aromatic rings. The van der Waals surface area contributed by atoms with Crippen LogP contribution in [0.3, 0.4) is 0 Å². The first-order valence-electron chi connectivity index (χ1n) is 15.1. The van der Waals surface area contributed by atoms with Crippen LogP contribution in [0.5, 0.6) is 0 Å². The molecule has 1 atom stereocenters. The normalized spacial score (nSPS) is 21.0. The van der Waals surface area contributed by atoms with Crippen molar-refractivity contribution in [3.8, 4) is 0 Å². The zero-order chi connectivity index (χ0) is 31.5. The van der Waals surface area contributed by atoms with Crippen molar-refractivity contribution in [3.63, 3.8) is 0 Å². The average molecular weight is 633 g/mol. The van der Waals surface area contributed by atoms with Crippen molar-refractivity contribution >= 4 is 29.3 Å². The maximum atomic E-state index is 15.1. The number of nitrogens with zero attached hydrogens (tertiary/aromatic N) is 1. The summed E-state index contributed by atoms with van der Waals surface area (Å²) in [6.07, 6.45) is 3.75. The molecule has 232 valence electrons. The van der Waals surface area contributed by atoms with E-state index in [-0.39, 0.29) is 98.5 Å². The van der Waals surface area contributed by atoms with Crippen molar-refractivity contribution in [2.75, 3.05) is 19.0 Å². The number of nitrogens with one attached hydrogen (secondary N) is 1. The Morgan fingerprint density at radius 3 is 2.39 bits per heavy atom. The van der Waals surface area contributed by atoms with Gasteiger partial charge in [0.1, 0.15) is 17.6 Å². The quantitative estimate of drug-likeness (QED) is 0.441. The van der Waals surface area contributed by atoms with E-state index in [0.29, 0.717) is 50.1 Å². The Labute approximate surface area is 301 Å². The number of aryl methyl sites for hydroxylation is 1. The molecule has 0 aromatic heterocycles. The molecule has 0 bridgehead atoms. The summed E-state index contributed by atoms with van der Waals surface area (Å²) >= 11 is 0. The molecule has 10 heteroatoms. The van der Waals surface area contributed by atoms with E-state index in [2.05, 4.69) is 5.32 Å². The summed E-state index contributed by atoms with van der Waals surface area (Å²) in [6, 6.07) is 8.14. The minimum Gasteiger partial charge on any atom is -0.550 e. The van der Waals surface area contributed by atoms with Crippen molar-refractivity contribution < 1.29 is 84.8 Å². The molecule has 2 aromatic carbocycles. The van der Waals surface area contributed by atoms with Crippen LogP contribution in [-0.4, -0.2) is 42.1 Å². The zero-order valence-corrected chi connectivity index (χ0v) is 29.9. The van der Waals surface area contributed by atoms with E-state index in [1.54, 1.807) is 18.9 Å². The summed E-state index contributed by atoms with van der Waals surface area (Å²) < 4.78 is 20.4. The van der Waals surface area contributed by atoms with Gasteiger partial charge in [-0.05, 0) is 96.7 Å². The second-order valence-electron chi connectivity index (χ2n) is 12.7. The Balaban J connectivity index is 0.000000817. The molecular weight excluding hydrogens is 590 g/mol. The molecule has 44 heavy (non-hydrogen) atoms. The van der Waals surface area contributed by atoms with Gasteiger partial charge in [0, 0.05) is 37.6 Å². The molecule has 5 rings (SSSR count). The molecule has 1 heterocycles. The summed E-state index contributed by atoms with van der Waals surface area (Å²) in [5.74, 6) is -2.10. The number of hydrogen-bond donors (Lipinski definition) is 1. The smallest absolute Gasteiger partial charge is 0.550 e. The van der Waals surface area contributed by atoms with Gasteiger partial charge in [-0.3, -0.25) is 9.59 Å². The Hall–Kier alpha value is -1.95. The molecule has 8 nitrogen and oxygen atoms in total. The number of anilines is 1. The molecule has 0 saturated heterocycles. The third-order valence-electron chi connectivity index (χ3n) is 8.95. The van der Waals surface area contributed by atoms with Crippen LogP contribution in [0.1, 0.15) is 93.7 Å². The summed E-state index contributed by atoms with van der Waals surface area (Å²) in [6.45, 7) is 8.30. The van der Waals surface area contributed by atoms with E-state index in [1.165, 1.54) is 6.07 Å². The van der Waals surface area contributed by atoms with Gasteiger partial charge >= 0.3 is 51.4 Å². The maximum absolute atomic E-state index is 15.1. The number of carboxylic acids is 1. The van der Waals surface area contributed by atoms with Gasteiger partial charge in [-0.2, -0.15) is 0 Å². The predicted octanol–water partition coefficient (Wildman–Crippen LogP) is 1.42. The first kappa shape index (κ1) is 36.5. The third kappa shape index (κ3) is 8.44. The van der Waals surface area contributed by atoms with Crippen molar-refractivity contribution in [2.24, 2.45) is 11.8 Å². The van der Waals surface area contributed by atoms with Gasteiger partial charge in [0.25, 0.3) is 5.91 Å². The van der Waals surface area contributed by atoms with E-state index in [1.807, 2.05) is 45.0 Å². The minimum atomic E-state index is -1.11. The zero-order valence-electron chi connectivity index (χ0n) is 26.8. The summed E-state index contributed by atoms with van der Waals surface area (Å²) in [5.41, 5.74) is 4.46. The topological polar surface area (TPSA) is 116 Å². The molecule has 1 N–H and O–H groups in total. The fourth-order valence-electron chi connectivity index (χ4n) is 6.50. The van der Waals surface area contributed by atoms with Gasteiger partial charge in [0.15, 0.2) is 0 Å². The third-order valence-corrected chi connectivity index (χ3v) is 8.95. The van der Waals surface area contributed by atoms with Crippen LogP contribution < -0.4 is 61.8 Å². The first-order chi connectivity index (χ1) is 20.3. The number of aliphatic carboxylic acids is 1. The standard InChI is InChI=1S/C30H35FN2O5.C4H8O.K/c1-30(2)8-6-20-14-22(15-24(31)26(20)30)32-28(36)27-23-5-4-17(16-38-3)10-19(23)7-9-33(27)29(37)21-11-18(12-21)13-25(34)35;1-3-4(2)5;/h4-5,10,14-15,18,21,27H,6-9,11-13,16H2,1-3H3,(H,32,36)(H,34,35);3H2,1-2H3;/q;;+1/p-1/t18?,21?,27-;;/m1../s1. The Morgan fingerprint density at radius 2 is 1.77 bits per heavy atom. The Morgan fingerprint density at radius 1 is 1.09 bits per heavy atom. The number of ketones is 1. The number of carbonyl (C=O) groups excluding carboxylic acids is 4. The van der Waals surface area contributed by atoms with Crippen molar-refractivity contribution in [3.05, 3.63) is 64.0 Å². The molecule has 0 spiro atoms. The Bertz CT molecular complexity index is 1400. The van der Waals surface area contributed by atoms with Crippen LogP contribution >= 0.6 is 0 Å². The molecule has 0 unspecified atom stereocenters. The molecule has 1 fully saturated rings. The second-order valence-corrected chi connectivity index (χ2v) is 12.7. The van der Waals surface area contributed by atoms with Gasteiger partial charge < -0.3 is 29.6 Å². The minimum absolute atomic E-state index is 0. The molecule has 3 aliphatic rings. The number of halogens is 1. The fraction of sp³-hybridized carbons (Fsp3) is 0.529. The molecule has 0 radical (unpaired) electrons. The van der Waals surface area contributed by atoms with Gasteiger partial charge in [0.2, 0.25) is 5.91 Å². The number of fused-ring (bicyclic) bond motifs is 2. The average Bonchev–Trinajstić information content (AvgIpc) is 3.24. The van der Waals surface area contributed by atoms with E-state index in [4.69, 9.17) is 4.74 Å². The monoisotopic (exact) mass is 632 g/mol. The van der Waals surface area contributed by atoms with Crippen LogP contribution in [0.4, 0.5) is 10.1 Å². The number of carboxylic acid groups (broad SMARTS) is 1. The first-order valence-corrected chi connectivity index (χ1v) is 15.1. The van der Waals surface area contributed by atoms with Crippen LogP contribution in [0.2, 0.25) is 0 Å². The summed E-state index contributed by atoms with van der Waals surface area (Å²) in [4.78, 5) is 49.7. The molecule has 1 aliphatic heterocycles. The largest absolute Gasteiger partial charge is 1.00 e. The number of carbonyl (C=O) groups is 4. The number of ether oxygens (including phenoxy) is 1. The number of amides is 2. The van der Waals surface area contributed by atoms with Crippen molar-refractivity contribution in [1.29, 1.82) is 0 Å². The SMILES string of the molecule is CCC(C)=O.COCc1ccc2c(c1)CCN(C(=O)C1CC(CC(=O)[O-])C1)[C@H]2C(=O)Nc1cc(F)c2c(c1)CCC2(C)C.[K+]. The van der Waals surface area contributed by atoms with E-state index < -0.39 is 12.0 Å². The number of Topliss-reactive ketones (excluding diaryl/α,β-unsaturated/α-hetero) is 1. The second kappa shape index (κ2) is 15.6. The van der Waals surface area contributed by atoms with Gasteiger partial charge in [-0.15, -0.1) is 0 Å². The van der Waals surface area contributed by atoms with Gasteiger partial charge in [-0.1, -0.05) is 39.0 Å². The van der Waals surface area contributed by atoms with Crippen molar-refractivity contribution in [1.82, 2.24) is 4.90 Å².